The van der Waals surface area contributed by atoms with E-state index < -0.39 is 5.97 Å². The second kappa shape index (κ2) is 8.90. The summed E-state index contributed by atoms with van der Waals surface area (Å²) in [6, 6.07) is 14.1. The van der Waals surface area contributed by atoms with E-state index in [0.717, 1.165) is 34.7 Å². The average Bonchev–Trinajstić information content (AvgIpc) is 3.12. The molecule has 3 rings (SSSR count). The minimum Gasteiger partial charge on any atom is -0.481 e. The second-order valence-corrected chi connectivity index (χ2v) is 7.42. The van der Waals surface area contributed by atoms with Crippen LogP contribution in [0.2, 0.25) is 0 Å². The van der Waals surface area contributed by atoms with Crippen LogP contribution in [0.15, 0.2) is 47.4 Å². The maximum absolute atomic E-state index is 10.5. The summed E-state index contributed by atoms with van der Waals surface area (Å²) in [4.78, 5) is 16.3. The van der Waals surface area contributed by atoms with E-state index in [0.29, 0.717) is 18.4 Å². The van der Waals surface area contributed by atoms with Gasteiger partial charge in [0.05, 0.1) is 5.69 Å². The summed E-state index contributed by atoms with van der Waals surface area (Å²) < 4.78 is 5.98. The number of rotatable bonds is 8. The molecule has 25 heavy (non-hydrogen) atoms. The van der Waals surface area contributed by atoms with E-state index in [9.17, 15) is 4.79 Å². The molecule has 1 saturated carbocycles. The van der Waals surface area contributed by atoms with Gasteiger partial charge in [-0.25, -0.2) is 4.98 Å². The topological polar surface area (TPSA) is 59.4 Å². The van der Waals surface area contributed by atoms with Crippen LogP contribution in [0.25, 0.3) is 11.3 Å². The molecular formula is C20H23NO3S. The predicted molar refractivity (Wildman–Crippen MR) is 100 cm³/mol. The van der Waals surface area contributed by atoms with Crippen LogP contribution in [0.1, 0.15) is 38.5 Å². The lowest BCUT2D eigenvalue weighted by molar-refractivity contribution is -0.137. The van der Waals surface area contributed by atoms with Crippen LogP contribution in [-0.2, 0) is 4.79 Å². The zero-order valence-corrected chi connectivity index (χ0v) is 15.0. The smallest absolute Gasteiger partial charge is 0.303 e. The van der Waals surface area contributed by atoms with Gasteiger partial charge in [0.2, 0.25) is 5.88 Å². The normalized spacial score (nSPS) is 14.6. The Kier molecular flexibility index (Phi) is 6.34. The van der Waals surface area contributed by atoms with Crippen molar-refractivity contribution in [3.8, 4) is 17.1 Å². The summed E-state index contributed by atoms with van der Waals surface area (Å²) in [5, 5.41) is 8.66. The van der Waals surface area contributed by atoms with Crippen molar-refractivity contribution in [2.75, 3.05) is 5.75 Å². The molecule has 1 heterocycles. The van der Waals surface area contributed by atoms with Crippen LogP contribution >= 0.6 is 11.8 Å². The van der Waals surface area contributed by atoms with Crippen molar-refractivity contribution in [1.29, 1.82) is 0 Å². The number of nitrogens with zero attached hydrogens (tertiary/aromatic N) is 1. The molecule has 4 nitrogen and oxygen atoms in total. The number of hydrogen-bond acceptors (Lipinski definition) is 4. The number of hydrogen-bond donors (Lipinski definition) is 1. The number of pyridine rings is 1. The van der Waals surface area contributed by atoms with Crippen LogP contribution in [0.4, 0.5) is 0 Å². The Bertz CT molecular complexity index is 696. The molecule has 0 atom stereocenters. The first-order valence-electron chi connectivity index (χ1n) is 8.79. The lowest BCUT2D eigenvalue weighted by Gasteiger charge is -2.12. The molecule has 1 aromatic carbocycles. The van der Waals surface area contributed by atoms with Crippen LogP contribution in [0, 0.1) is 0 Å². The first kappa shape index (κ1) is 17.8. The van der Waals surface area contributed by atoms with Crippen LogP contribution in [-0.4, -0.2) is 27.9 Å². The molecule has 1 fully saturated rings. The van der Waals surface area contributed by atoms with E-state index >= 15 is 0 Å². The Morgan fingerprint density at radius 1 is 1.16 bits per heavy atom. The highest BCUT2D eigenvalue weighted by Crippen LogP contribution is 2.27. The minimum atomic E-state index is -0.735. The molecular weight excluding hydrogens is 334 g/mol. The van der Waals surface area contributed by atoms with E-state index in [1.807, 2.05) is 18.2 Å². The van der Waals surface area contributed by atoms with E-state index in [2.05, 4.69) is 29.2 Å². The molecule has 0 saturated heterocycles. The number of carbonyl (C=O) groups is 1. The van der Waals surface area contributed by atoms with Gasteiger partial charge in [-0.05, 0) is 56.1 Å². The molecule has 5 heteroatoms. The fraction of sp³-hybridized carbons (Fsp3) is 0.400. The highest BCUT2D eigenvalue weighted by Gasteiger charge is 2.17. The Labute approximate surface area is 152 Å². The maximum atomic E-state index is 10.5. The molecule has 0 amide bonds. The van der Waals surface area contributed by atoms with E-state index in [1.165, 1.54) is 12.8 Å². The zero-order valence-electron chi connectivity index (χ0n) is 14.2. The van der Waals surface area contributed by atoms with Crippen LogP contribution < -0.4 is 4.74 Å². The fourth-order valence-corrected chi connectivity index (χ4v) is 3.81. The third kappa shape index (κ3) is 5.49. The fourth-order valence-electron chi connectivity index (χ4n) is 2.95. The lowest BCUT2D eigenvalue weighted by Crippen LogP contribution is -2.11. The molecule has 1 N–H and O–H groups in total. The van der Waals surface area contributed by atoms with Gasteiger partial charge in [0.25, 0.3) is 0 Å². The highest BCUT2D eigenvalue weighted by atomic mass is 32.2. The average molecular weight is 357 g/mol. The summed E-state index contributed by atoms with van der Waals surface area (Å²) in [5.41, 5.74) is 1.98. The molecule has 0 unspecified atom stereocenters. The van der Waals surface area contributed by atoms with Crippen molar-refractivity contribution in [2.45, 2.75) is 49.5 Å². The summed E-state index contributed by atoms with van der Waals surface area (Å²) >= 11 is 1.68. The van der Waals surface area contributed by atoms with Gasteiger partial charge >= 0.3 is 5.97 Å². The number of benzene rings is 1. The van der Waals surface area contributed by atoms with Gasteiger partial charge in [-0.2, -0.15) is 0 Å². The van der Waals surface area contributed by atoms with Crippen molar-refractivity contribution in [1.82, 2.24) is 4.98 Å². The number of carboxylic acids is 1. The van der Waals surface area contributed by atoms with Crippen molar-refractivity contribution in [2.24, 2.45) is 0 Å². The Morgan fingerprint density at radius 2 is 1.92 bits per heavy atom. The molecule has 132 valence electrons. The Hall–Kier alpha value is -2.01. The molecule has 0 bridgehead atoms. The summed E-state index contributed by atoms with van der Waals surface area (Å²) in [5.74, 6) is 0.785. The van der Waals surface area contributed by atoms with Gasteiger partial charge in [0, 0.05) is 22.9 Å². The van der Waals surface area contributed by atoms with Gasteiger partial charge in [0.15, 0.2) is 0 Å². The molecule has 1 aliphatic rings. The maximum Gasteiger partial charge on any atom is 0.303 e. The number of thioether (sulfide) groups is 1. The summed E-state index contributed by atoms with van der Waals surface area (Å²) in [6.45, 7) is 0. The lowest BCUT2D eigenvalue weighted by atomic mass is 10.1. The number of aliphatic carboxylic acids is 1. The predicted octanol–water partition coefficient (Wildman–Crippen LogP) is 5.03. The van der Waals surface area contributed by atoms with Gasteiger partial charge in [-0.15, -0.1) is 11.8 Å². The van der Waals surface area contributed by atoms with E-state index in [4.69, 9.17) is 9.84 Å². The van der Waals surface area contributed by atoms with Crippen molar-refractivity contribution < 1.29 is 14.6 Å². The van der Waals surface area contributed by atoms with E-state index in [1.54, 1.807) is 11.8 Å². The molecule has 2 aromatic rings. The SMILES string of the molecule is O=C(O)CCCSc1ccc(-c2cccc(OC3CCCC3)n2)cc1. The first-order valence-corrected chi connectivity index (χ1v) is 9.78. The number of carboxylic acid groups (broad SMARTS) is 1. The number of aromatic nitrogens is 1. The molecule has 1 aliphatic carbocycles. The molecule has 0 radical (unpaired) electrons. The van der Waals surface area contributed by atoms with Crippen molar-refractivity contribution >= 4 is 17.7 Å². The monoisotopic (exact) mass is 357 g/mol. The highest BCUT2D eigenvalue weighted by molar-refractivity contribution is 7.99. The van der Waals surface area contributed by atoms with Gasteiger partial charge in [0.1, 0.15) is 6.10 Å². The van der Waals surface area contributed by atoms with Crippen molar-refractivity contribution in [3.05, 3.63) is 42.5 Å². The zero-order chi connectivity index (χ0) is 17.5. The minimum absolute atomic E-state index is 0.225. The molecule has 1 aromatic heterocycles. The van der Waals surface area contributed by atoms with E-state index in [-0.39, 0.29) is 6.42 Å². The first-order chi connectivity index (χ1) is 12.2. The van der Waals surface area contributed by atoms with Crippen LogP contribution in [0.5, 0.6) is 5.88 Å². The third-order valence-electron chi connectivity index (χ3n) is 4.27. The van der Waals surface area contributed by atoms with Crippen molar-refractivity contribution in [3.63, 3.8) is 0 Å². The second-order valence-electron chi connectivity index (χ2n) is 6.26. The standard InChI is InChI=1S/C20H23NO3S/c22-20(23)9-4-14-25-17-12-10-15(11-13-17)18-7-3-8-19(21-18)24-16-5-1-2-6-16/h3,7-8,10-13,16H,1-2,4-6,9,14H2,(H,22,23). The quantitative estimate of drug-likeness (QED) is 0.530. The summed E-state index contributed by atoms with van der Waals surface area (Å²) in [7, 11) is 0. The molecule has 0 aliphatic heterocycles. The van der Waals surface area contributed by atoms with Gasteiger partial charge in [-0.3, -0.25) is 4.79 Å². The largest absolute Gasteiger partial charge is 0.481 e. The Balaban J connectivity index is 1.58. The van der Waals surface area contributed by atoms with Crippen LogP contribution in [0.3, 0.4) is 0 Å². The van der Waals surface area contributed by atoms with Gasteiger partial charge in [-0.1, -0.05) is 18.2 Å². The summed E-state index contributed by atoms with van der Waals surface area (Å²) in [6.07, 6.45) is 5.96. The molecule has 0 spiro atoms. The van der Waals surface area contributed by atoms with Gasteiger partial charge < -0.3 is 9.84 Å². The number of ether oxygens (including phenoxy) is 1. The third-order valence-corrected chi connectivity index (χ3v) is 5.37. The Morgan fingerprint density at radius 3 is 2.64 bits per heavy atom.